The predicted molar refractivity (Wildman–Crippen MR) is 67.2 cm³/mol. The molecule has 2 rings (SSSR count). The highest BCUT2D eigenvalue weighted by molar-refractivity contribution is 7.91. The molecule has 5 heteroatoms. The molecular weight excluding hydrogens is 252 g/mol. The van der Waals surface area contributed by atoms with Crippen LogP contribution in [0.5, 0.6) is 0 Å². The molecule has 0 spiro atoms. The van der Waals surface area contributed by atoms with Crippen LogP contribution in [0.2, 0.25) is 0 Å². The van der Waals surface area contributed by atoms with Gasteiger partial charge in [0.05, 0.1) is 17.1 Å². The third-order valence-electron chi connectivity index (χ3n) is 3.32. The van der Waals surface area contributed by atoms with Gasteiger partial charge in [-0.3, -0.25) is 4.79 Å². The zero-order valence-corrected chi connectivity index (χ0v) is 10.8. The minimum Gasteiger partial charge on any atom is -0.481 e. The fraction of sp³-hybridized carbons (Fsp3) is 0.462. The molecule has 0 heterocycles. The smallest absolute Gasteiger partial charge is 0.307 e. The molecule has 18 heavy (non-hydrogen) atoms. The molecule has 0 atom stereocenters. The SMILES string of the molecule is O=C(O)Cc1ccc(S(=O)(=O)CC2CCC2)cc1. The summed E-state index contributed by atoms with van der Waals surface area (Å²) in [5, 5.41) is 8.64. The van der Waals surface area contributed by atoms with Crippen molar-refractivity contribution in [1.82, 2.24) is 0 Å². The van der Waals surface area contributed by atoms with Gasteiger partial charge in [0.15, 0.2) is 9.84 Å². The van der Waals surface area contributed by atoms with Gasteiger partial charge < -0.3 is 5.11 Å². The number of hydrogen-bond acceptors (Lipinski definition) is 3. The van der Waals surface area contributed by atoms with Gasteiger partial charge in [0.25, 0.3) is 0 Å². The number of rotatable bonds is 5. The Balaban J connectivity index is 2.10. The van der Waals surface area contributed by atoms with E-state index in [0.717, 1.165) is 19.3 Å². The summed E-state index contributed by atoms with van der Waals surface area (Å²) in [6, 6.07) is 6.15. The first-order valence-corrected chi connectivity index (χ1v) is 7.66. The first-order chi connectivity index (χ1) is 8.47. The average Bonchev–Trinajstić information content (AvgIpc) is 2.24. The van der Waals surface area contributed by atoms with Gasteiger partial charge in [0.1, 0.15) is 0 Å². The number of carboxylic acid groups (broad SMARTS) is 1. The van der Waals surface area contributed by atoms with Crippen LogP contribution in [-0.2, 0) is 21.1 Å². The van der Waals surface area contributed by atoms with Crippen LogP contribution in [0.15, 0.2) is 29.2 Å². The Bertz CT molecular complexity index is 527. The average molecular weight is 268 g/mol. The van der Waals surface area contributed by atoms with Crippen molar-refractivity contribution in [2.75, 3.05) is 5.75 Å². The minimum absolute atomic E-state index is 0.0804. The summed E-state index contributed by atoms with van der Waals surface area (Å²) in [5.74, 6) is -0.403. The monoisotopic (exact) mass is 268 g/mol. The molecule has 1 fully saturated rings. The lowest BCUT2D eigenvalue weighted by atomic mass is 9.87. The molecule has 98 valence electrons. The first kappa shape index (κ1) is 13.1. The Morgan fingerprint density at radius 3 is 2.28 bits per heavy atom. The largest absolute Gasteiger partial charge is 0.481 e. The van der Waals surface area contributed by atoms with E-state index < -0.39 is 15.8 Å². The minimum atomic E-state index is -3.21. The lowest BCUT2D eigenvalue weighted by molar-refractivity contribution is -0.136. The van der Waals surface area contributed by atoms with Crippen molar-refractivity contribution in [2.24, 2.45) is 5.92 Å². The third kappa shape index (κ3) is 3.10. The maximum absolute atomic E-state index is 12.1. The van der Waals surface area contributed by atoms with Gasteiger partial charge >= 0.3 is 5.97 Å². The summed E-state index contributed by atoms with van der Waals surface area (Å²) in [6.45, 7) is 0. The Labute approximate surface area is 107 Å². The molecule has 4 nitrogen and oxygen atoms in total. The Hall–Kier alpha value is -1.36. The lowest BCUT2D eigenvalue weighted by Crippen LogP contribution is -2.22. The molecule has 0 bridgehead atoms. The highest BCUT2D eigenvalue weighted by Gasteiger charge is 2.25. The highest BCUT2D eigenvalue weighted by atomic mass is 32.2. The van der Waals surface area contributed by atoms with E-state index in [0.29, 0.717) is 16.4 Å². The van der Waals surface area contributed by atoms with Crippen molar-refractivity contribution >= 4 is 15.8 Å². The molecule has 1 aromatic rings. The molecule has 1 N–H and O–H groups in total. The Morgan fingerprint density at radius 2 is 1.83 bits per heavy atom. The topological polar surface area (TPSA) is 71.4 Å². The number of sulfone groups is 1. The highest BCUT2D eigenvalue weighted by Crippen LogP contribution is 2.29. The quantitative estimate of drug-likeness (QED) is 0.885. The maximum Gasteiger partial charge on any atom is 0.307 e. The Kier molecular flexibility index (Phi) is 3.71. The van der Waals surface area contributed by atoms with E-state index in [9.17, 15) is 13.2 Å². The van der Waals surface area contributed by atoms with E-state index in [1.807, 2.05) is 0 Å². The van der Waals surface area contributed by atoms with Crippen LogP contribution in [0, 0.1) is 5.92 Å². The van der Waals surface area contributed by atoms with Gasteiger partial charge in [-0.05, 0) is 36.5 Å². The van der Waals surface area contributed by atoms with Crippen molar-refractivity contribution in [3.05, 3.63) is 29.8 Å². The number of carboxylic acids is 1. The molecule has 1 aliphatic rings. The third-order valence-corrected chi connectivity index (χ3v) is 5.22. The summed E-state index contributed by atoms with van der Waals surface area (Å²) >= 11 is 0. The van der Waals surface area contributed by atoms with Gasteiger partial charge in [-0.25, -0.2) is 8.42 Å². The summed E-state index contributed by atoms with van der Waals surface area (Å²) < 4.78 is 24.1. The van der Waals surface area contributed by atoms with Crippen LogP contribution in [-0.4, -0.2) is 25.2 Å². The first-order valence-electron chi connectivity index (χ1n) is 6.01. The van der Waals surface area contributed by atoms with Crippen molar-refractivity contribution < 1.29 is 18.3 Å². The van der Waals surface area contributed by atoms with Crippen LogP contribution in [0.1, 0.15) is 24.8 Å². The van der Waals surface area contributed by atoms with Crippen molar-refractivity contribution in [1.29, 1.82) is 0 Å². The molecule has 0 amide bonds. The molecule has 0 radical (unpaired) electrons. The standard InChI is InChI=1S/C13H16O4S/c14-13(15)8-10-4-6-12(7-5-10)18(16,17)9-11-2-1-3-11/h4-7,11H,1-3,8-9H2,(H,14,15). The van der Waals surface area contributed by atoms with Crippen molar-refractivity contribution in [2.45, 2.75) is 30.6 Å². The van der Waals surface area contributed by atoms with E-state index in [2.05, 4.69) is 0 Å². The fourth-order valence-corrected chi connectivity index (χ4v) is 3.75. The number of aliphatic carboxylic acids is 1. The van der Waals surface area contributed by atoms with E-state index in [1.165, 1.54) is 12.1 Å². The van der Waals surface area contributed by atoms with Crippen LogP contribution >= 0.6 is 0 Å². The van der Waals surface area contributed by atoms with Gasteiger partial charge in [0, 0.05) is 0 Å². The van der Waals surface area contributed by atoms with Gasteiger partial charge in [-0.1, -0.05) is 18.6 Å². The maximum atomic E-state index is 12.1. The molecule has 1 saturated carbocycles. The second-order valence-corrected chi connectivity index (χ2v) is 6.83. The van der Waals surface area contributed by atoms with E-state index >= 15 is 0 Å². The molecule has 0 unspecified atom stereocenters. The predicted octanol–water partition coefficient (Wildman–Crippen LogP) is 1.89. The summed E-state index contributed by atoms with van der Waals surface area (Å²) in [5.41, 5.74) is 0.616. The molecule has 0 saturated heterocycles. The van der Waals surface area contributed by atoms with Crippen LogP contribution in [0.25, 0.3) is 0 Å². The lowest BCUT2D eigenvalue weighted by Gasteiger charge is -2.24. The molecule has 0 aromatic heterocycles. The Morgan fingerprint density at radius 1 is 1.22 bits per heavy atom. The normalized spacial score (nSPS) is 16.2. The molecular formula is C13H16O4S. The van der Waals surface area contributed by atoms with E-state index in [4.69, 9.17) is 5.11 Å². The van der Waals surface area contributed by atoms with Crippen molar-refractivity contribution in [3.63, 3.8) is 0 Å². The second-order valence-electron chi connectivity index (χ2n) is 4.79. The van der Waals surface area contributed by atoms with Crippen LogP contribution < -0.4 is 0 Å². The summed E-state index contributed by atoms with van der Waals surface area (Å²) in [4.78, 5) is 10.8. The van der Waals surface area contributed by atoms with Gasteiger partial charge in [-0.2, -0.15) is 0 Å². The molecule has 0 aliphatic heterocycles. The summed E-state index contributed by atoms with van der Waals surface area (Å²) in [7, 11) is -3.21. The van der Waals surface area contributed by atoms with Gasteiger partial charge in [0.2, 0.25) is 0 Å². The second kappa shape index (κ2) is 5.10. The zero-order valence-electron chi connectivity index (χ0n) is 10.0. The van der Waals surface area contributed by atoms with Gasteiger partial charge in [-0.15, -0.1) is 0 Å². The van der Waals surface area contributed by atoms with E-state index in [-0.39, 0.29) is 12.2 Å². The fourth-order valence-electron chi connectivity index (χ4n) is 2.06. The number of carbonyl (C=O) groups is 1. The number of benzene rings is 1. The number of hydrogen-bond donors (Lipinski definition) is 1. The molecule has 1 aromatic carbocycles. The zero-order chi connectivity index (χ0) is 13.2. The van der Waals surface area contributed by atoms with Crippen LogP contribution in [0.4, 0.5) is 0 Å². The van der Waals surface area contributed by atoms with E-state index in [1.54, 1.807) is 12.1 Å². The molecule has 1 aliphatic carbocycles. The van der Waals surface area contributed by atoms with Crippen molar-refractivity contribution in [3.8, 4) is 0 Å². The summed E-state index contributed by atoms with van der Waals surface area (Å²) in [6.07, 6.45) is 3.04. The van der Waals surface area contributed by atoms with Crippen LogP contribution in [0.3, 0.4) is 0 Å².